The fraction of sp³-hybridized carbons (Fsp3) is 0.364. The summed E-state index contributed by atoms with van der Waals surface area (Å²) in [5.74, 6) is -0.592. The van der Waals surface area contributed by atoms with Gasteiger partial charge in [0.2, 0.25) is 5.91 Å². The van der Waals surface area contributed by atoms with Gasteiger partial charge in [-0.1, -0.05) is 30.3 Å². The zero-order valence-electron chi connectivity index (χ0n) is 16.7. The molecule has 3 aromatic rings. The highest BCUT2D eigenvalue weighted by molar-refractivity contribution is 6.05. The van der Waals surface area contributed by atoms with Crippen molar-refractivity contribution >= 4 is 22.8 Å². The highest BCUT2D eigenvalue weighted by Gasteiger charge is 2.25. The number of fused-ring (bicyclic) bond motifs is 1. The Labute approximate surface area is 174 Å². The first-order valence-electron chi connectivity index (χ1n) is 10.1. The molecule has 8 heteroatoms. The summed E-state index contributed by atoms with van der Waals surface area (Å²) in [6.07, 6.45) is 3.92. The van der Waals surface area contributed by atoms with Crippen LogP contribution in [0.3, 0.4) is 0 Å². The number of nitrogens with one attached hydrogen (secondary N) is 1. The SMILES string of the molecule is NC(=O)[C@H](Cc1ccccc1)NC(=O)c1nn(CC2CCOCC2)c2ncccc12. The second-order valence-electron chi connectivity index (χ2n) is 7.58. The molecule has 1 aliphatic rings. The minimum absolute atomic E-state index is 0.254. The van der Waals surface area contributed by atoms with E-state index in [9.17, 15) is 9.59 Å². The molecule has 1 aromatic carbocycles. The summed E-state index contributed by atoms with van der Waals surface area (Å²) in [6.45, 7) is 2.16. The maximum absolute atomic E-state index is 13.0. The molecule has 8 nitrogen and oxygen atoms in total. The molecule has 3 N–H and O–H groups in total. The number of hydrogen-bond acceptors (Lipinski definition) is 5. The summed E-state index contributed by atoms with van der Waals surface area (Å²) in [5, 5.41) is 7.96. The molecule has 2 amide bonds. The van der Waals surface area contributed by atoms with E-state index >= 15 is 0 Å². The van der Waals surface area contributed by atoms with Crippen molar-refractivity contribution in [2.24, 2.45) is 11.7 Å². The van der Waals surface area contributed by atoms with Crippen LogP contribution in [0.4, 0.5) is 0 Å². The number of primary amides is 1. The van der Waals surface area contributed by atoms with Gasteiger partial charge in [0.05, 0.1) is 5.39 Å². The number of aromatic nitrogens is 3. The van der Waals surface area contributed by atoms with E-state index < -0.39 is 17.9 Å². The van der Waals surface area contributed by atoms with E-state index in [2.05, 4.69) is 15.4 Å². The number of carbonyl (C=O) groups excluding carboxylic acids is 2. The van der Waals surface area contributed by atoms with E-state index in [1.165, 1.54) is 0 Å². The largest absolute Gasteiger partial charge is 0.381 e. The predicted octanol–water partition coefficient (Wildman–Crippen LogP) is 1.68. The number of carbonyl (C=O) groups is 2. The smallest absolute Gasteiger partial charge is 0.273 e. The lowest BCUT2D eigenvalue weighted by Crippen LogP contribution is -2.46. The second-order valence-corrected chi connectivity index (χ2v) is 7.58. The van der Waals surface area contributed by atoms with E-state index in [-0.39, 0.29) is 5.69 Å². The molecule has 0 aliphatic carbocycles. The number of benzene rings is 1. The Morgan fingerprint density at radius 3 is 2.67 bits per heavy atom. The molecule has 0 spiro atoms. The molecule has 0 unspecified atom stereocenters. The number of hydrogen-bond donors (Lipinski definition) is 2. The van der Waals surface area contributed by atoms with Gasteiger partial charge in [-0.25, -0.2) is 9.67 Å². The summed E-state index contributed by atoms with van der Waals surface area (Å²) in [5.41, 5.74) is 7.38. The Kier molecular flexibility index (Phi) is 6.04. The third-order valence-electron chi connectivity index (χ3n) is 5.43. The molecular weight excluding hydrogens is 382 g/mol. The molecule has 1 fully saturated rings. The molecule has 0 bridgehead atoms. The van der Waals surface area contributed by atoms with Crippen LogP contribution in [0.1, 0.15) is 28.9 Å². The Bertz CT molecular complexity index is 1030. The maximum Gasteiger partial charge on any atom is 0.273 e. The third kappa shape index (κ3) is 4.49. The Morgan fingerprint density at radius 1 is 1.17 bits per heavy atom. The van der Waals surface area contributed by atoms with Gasteiger partial charge in [0.15, 0.2) is 11.3 Å². The van der Waals surface area contributed by atoms with Crippen LogP contribution in [0.2, 0.25) is 0 Å². The van der Waals surface area contributed by atoms with Gasteiger partial charge in [0.1, 0.15) is 6.04 Å². The molecule has 4 rings (SSSR count). The maximum atomic E-state index is 13.0. The van der Waals surface area contributed by atoms with Gasteiger partial charge in [0, 0.05) is 32.4 Å². The first-order valence-corrected chi connectivity index (χ1v) is 10.1. The lowest BCUT2D eigenvalue weighted by Gasteiger charge is -2.21. The van der Waals surface area contributed by atoms with Crippen molar-refractivity contribution in [1.82, 2.24) is 20.1 Å². The number of pyridine rings is 1. The van der Waals surface area contributed by atoms with Gasteiger partial charge in [-0.3, -0.25) is 9.59 Å². The van der Waals surface area contributed by atoms with Crippen molar-refractivity contribution < 1.29 is 14.3 Å². The third-order valence-corrected chi connectivity index (χ3v) is 5.43. The van der Waals surface area contributed by atoms with Crippen LogP contribution >= 0.6 is 0 Å². The highest BCUT2D eigenvalue weighted by Crippen LogP contribution is 2.22. The molecule has 3 heterocycles. The van der Waals surface area contributed by atoms with Crippen molar-refractivity contribution in [2.75, 3.05) is 13.2 Å². The van der Waals surface area contributed by atoms with Gasteiger partial charge >= 0.3 is 0 Å². The second kappa shape index (κ2) is 9.04. The first kappa shape index (κ1) is 20.0. The topological polar surface area (TPSA) is 112 Å². The average molecular weight is 407 g/mol. The number of nitrogens with two attached hydrogens (primary N) is 1. The van der Waals surface area contributed by atoms with Gasteiger partial charge in [-0.2, -0.15) is 5.10 Å². The number of rotatable bonds is 7. The van der Waals surface area contributed by atoms with Gasteiger partial charge in [-0.15, -0.1) is 0 Å². The Morgan fingerprint density at radius 2 is 1.93 bits per heavy atom. The number of ether oxygens (including phenoxy) is 1. The Hall–Kier alpha value is -3.26. The minimum Gasteiger partial charge on any atom is -0.381 e. The van der Waals surface area contributed by atoms with E-state index in [0.717, 1.165) is 31.6 Å². The van der Waals surface area contributed by atoms with E-state index in [1.807, 2.05) is 36.4 Å². The van der Waals surface area contributed by atoms with Gasteiger partial charge < -0.3 is 15.8 Å². The van der Waals surface area contributed by atoms with Gasteiger partial charge in [0.25, 0.3) is 5.91 Å². The summed E-state index contributed by atoms with van der Waals surface area (Å²) in [6, 6.07) is 12.2. The quantitative estimate of drug-likeness (QED) is 0.619. The highest BCUT2D eigenvalue weighted by atomic mass is 16.5. The molecule has 1 saturated heterocycles. The van der Waals surface area contributed by atoms with Crippen LogP contribution in [0.5, 0.6) is 0 Å². The molecule has 0 radical (unpaired) electrons. The molecule has 0 saturated carbocycles. The zero-order valence-corrected chi connectivity index (χ0v) is 16.7. The van der Waals surface area contributed by atoms with Crippen LogP contribution in [-0.2, 0) is 22.5 Å². The van der Waals surface area contributed by atoms with E-state index in [4.69, 9.17) is 10.5 Å². The standard InChI is InChI=1S/C22H25N5O3/c23-20(28)18(13-15-5-2-1-3-6-15)25-22(29)19-17-7-4-10-24-21(17)27(26-19)14-16-8-11-30-12-9-16/h1-7,10,16,18H,8-9,11-14H2,(H2,23,28)(H,25,29)/t18-/m0/s1. The normalized spacial score (nSPS) is 15.7. The van der Waals surface area contributed by atoms with E-state index in [0.29, 0.717) is 29.9 Å². The van der Waals surface area contributed by atoms with Crippen molar-refractivity contribution in [1.29, 1.82) is 0 Å². The summed E-state index contributed by atoms with van der Waals surface area (Å²) < 4.78 is 7.22. The lowest BCUT2D eigenvalue weighted by atomic mass is 10.0. The van der Waals surface area contributed by atoms with Crippen LogP contribution in [0.15, 0.2) is 48.7 Å². The first-order chi connectivity index (χ1) is 14.6. The van der Waals surface area contributed by atoms with Crippen molar-refractivity contribution in [3.8, 4) is 0 Å². The lowest BCUT2D eigenvalue weighted by molar-refractivity contribution is -0.119. The molecule has 30 heavy (non-hydrogen) atoms. The summed E-state index contributed by atoms with van der Waals surface area (Å²) >= 11 is 0. The van der Waals surface area contributed by atoms with Crippen LogP contribution in [0, 0.1) is 5.92 Å². The fourth-order valence-corrected chi connectivity index (χ4v) is 3.78. The van der Waals surface area contributed by atoms with Crippen LogP contribution < -0.4 is 11.1 Å². The predicted molar refractivity (Wildman–Crippen MR) is 112 cm³/mol. The molecule has 1 atom stereocenters. The summed E-state index contributed by atoms with van der Waals surface area (Å²) in [7, 11) is 0. The molecule has 1 aliphatic heterocycles. The minimum atomic E-state index is -0.827. The molecule has 156 valence electrons. The summed E-state index contributed by atoms with van der Waals surface area (Å²) in [4.78, 5) is 29.4. The van der Waals surface area contributed by atoms with Crippen LogP contribution in [0.25, 0.3) is 11.0 Å². The molecule has 2 aromatic heterocycles. The number of amides is 2. The number of nitrogens with zero attached hydrogens (tertiary/aromatic N) is 3. The van der Waals surface area contributed by atoms with Crippen LogP contribution in [-0.4, -0.2) is 45.8 Å². The fourth-order valence-electron chi connectivity index (χ4n) is 3.78. The Balaban J connectivity index is 1.56. The zero-order chi connectivity index (χ0) is 20.9. The van der Waals surface area contributed by atoms with E-state index in [1.54, 1.807) is 16.9 Å². The van der Waals surface area contributed by atoms with Gasteiger partial charge in [-0.05, 0) is 36.5 Å². The monoisotopic (exact) mass is 407 g/mol. The molecular formula is C22H25N5O3. The van der Waals surface area contributed by atoms with Crippen molar-refractivity contribution in [3.63, 3.8) is 0 Å². The van der Waals surface area contributed by atoms with Crippen molar-refractivity contribution in [3.05, 3.63) is 59.9 Å². The van der Waals surface area contributed by atoms with Crippen molar-refractivity contribution in [2.45, 2.75) is 31.8 Å². The average Bonchev–Trinajstić information content (AvgIpc) is 3.13.